The van der Waals surface area contributed by atoms with E-state index in [0.717, 1.165) is 12.6 Å². The van der Waals surface area contributed by atoms with Crippen LogP contribution in [0, 0.1) is 5.92 Å². The second kappa shape index (κ2) is 4.97. The maximum Gasteiger partial charge on any atom is 0.0107 e. The minimum absolute atomic E-state index is 0.632. The lowest BCUT2D eigenvalue weighted by atomic mass is 10.0. The van der Waals surface area contributed by atoms with Crippen molar-refractivity contribution in [3.8, 4) is 0 Å². The van der Waals surface area contributed by atoms with Gasteiger partial charge in [-0.2, -0.15) is 0 Å². The topological polar surface area (TPSA) is 29.3 Å². The number of likely N-dealkylation sites (tertiary alicyclic amines) is 1. The summed E-state index contributed by atoms with van der Waals surface area (Å²) >= 11 is 0. The highest BCUT2D eigenvalue weighted by molar-refractivity contribution is 4.84. The van der Waals surface area contributed by atoms with Crippen LogP contribution in [0.5, 0.6) is 0 Å². The molecule has 0 amide bonds. The van der Waals surface area contributed by atoms with E-state index in [-0.39, 0.29) is 0 Å². The summed E-state index contributed by atoms with van der Waals surface area (Å²) < 4.78 is 0. The Balaban J connectivity index is 2.49. The van der Waals surface area contributed by atoms with Crippen molar-refractivity contribution in [1.82, 2.24) is 4.90 Å². The van der Waals surface area contributed by atoms with Crippen molar-refractivity contribution in [3.05, 3.63) is 0 Å². The second-order valence-electron chi connectivity index (χ2n) is 4.40. The van der Waals surface area contributed by atoms with Gasteiger partial charge in [0.2, 0.25) is 0 Å². The zero-order valence-corrected chi connectivity index (χ0v) is 9.29. The molecule has 1 aliphatic rings. The Morgan fingerprint density at radius 2 is 2.15 bits per heavy atom. The molecule has 3 atom stereocenters. The van der Waals surface area contributed by atoms with E-state index >= 15 is 0 Å². The average Bonchev–Trinajstić information content (AvgIpc) is 2.62. The van der Waals surface area contributed by atoms with Crippen LogP contribution in [0.1, 0.15) is 40.0 Å². The van der Waals surface area contributed by atoms with Crippen molar-refractivity contribution in [2.45, 2.75) is 52.1 Å². The summed E-state index contributed by atoms with van der Waals surface area (Å²) in [4.78, 5) is 2.65. The molecule has 2 nitrogen and oxygen atoms in total. The minimum Gasteiger partial charge on any atom is -0.330 e. The molecule has 0 saturated carbocycles. The van der Waals surface area contributed by atoms with Crippen molar-refractivity contribution in [2.24, 2.45) is 11.7 Å². The molecule has 78 valence electrons. The standard InChI is InChI=1S/C11H24N2/c1-4-11-6-5-7-13(11)10(3)9(2)8-12/h9-11H,4-8,12H2,1-3H3. The van der Waals surface area contributed by atoms with E-state index < -0.39 is 0 Å². The zero-order valence-electron chi connectivity index (χ0n) is 9.29. The Morgan fingerprint density at radius 3 is 2.69 bits per heavy atom. The zero-order chi connectivity index (χ0) is 9.84. The Labute approximate surface area is 82.5 Å². The van der Waals surface area contributed by atoms with Gasteiger partial charge in [-0.15, -0.1) is 0 Å². The maximum atomic E-state index is 5.70. The molecule has 1 fully saturated rings. The summed E-state index contributed by atoms with van der Waals surface area (Å²) in [5.74, 6) is 0.632. The van der Waals surface area contributed by atoms with Crippen LogP contribution in [-0.2, 0) is 0 Å². The normalized spacial score (nSPS) is 29.1. The number of hydrogen-bond donors (Lipinski definition) is 1. The number of nitrogens with two attached hydrogens (primary N) is 1. The van der Waals surface area contributed by atoms with Gasteiger partial charge in [-0.1, -0.05) is 13.8 Å². The molecule has 1 rings (SSSR count). The van der Waals surface area contributed by atoms with Crippen LogP contribution in [0.25, 0.3) is 0 Å². The van der Waals surface area contributed by atoms with E-state index in [1.165, 1.54) is 25.8 Å². The summed E-state index contributed by atoms with van der Waals surface area (Å²) in [7, 11) is 0. The number of hydrogen-bond acceptors (Lipinski definition) is 2. The van der Waals surface area contributed by atoms with Gasteiger partial charge in [-0.3, -0.25) is 4.90 Å². The fourth-order valence-electron chi connectivity index (χ4n) is 2.36. The Kier molecular flexibility index (Phi) is 4.20. The van der Waals surface area contributed by atoms with Crippen molar-refractivity contribution in [3.63, 3.8) is 0 Å². The predicted octanol–water partition coefficient (Wildman–Crippen LogP) is 1.84. The third kappa shape index (κ3) is 2.44. The molecular formula is C11H24N2. The average molecular weight is 184 g/mol. The molecule has 1 aliphatic heterocycles. The van der Waals surface area contributed by atoms with E-state index in [2.05, 4.69) is 25.7 Å². The van der Waals surface area contributed by atoms with Crippen LogP contribution in [0.15, 0.2) is 0 Å². The van der Waals surface area contributed by atoms with Gasteiger partial charge in [0, 0.05) is 12.1 Å². The monoisotopic (exact) mass is 184 g/mol. The molecule has 0 spiro atoms. The minimum atomic E-state index is 0.632. The molecule has 1 saturated heterocycles. The molecule has 2 N–H and O–H groups in total. The highest BCUT2D eigenvalue weighted by Gasteiger charge is 2.28. The van der Waals surface area contributed by atoms with Gasteiger partial charge in [0.1, 0.15) is 0 Å². The number of rotatable bonds is 4. The van der Waals surface area contributed by atoms with Gasteiger partial charge >= 0.3 is 0 Å². The van der Waals surface area contributed by atoms with E-state index in [0.29, 0.717) is 12.0 Å². The summed E-state index contributed by atoms with van der Waals surface area (Å²) in [5, 5.41) is 0. The van der Waals surface area contributed by atoms with E-state index in [4.69, 9.17) is 5.73 Å². The van der Waals surface area contributed by atoms with Gasteiger partial charge in [0.15, 0.2) is 0 Å². The largest absolute Gasteiger partial charge is 0.330 e. The molecule has 13 heavy (non-hydrogen) atoms. The van der Waals surface area contributed by atoms with Crippen LogP contribution in [0.4, 0.5) is 0 Å². The van der Waals surface area contributed by atoms with Gasteiger partial charge in [-0.25, -0.2) is 0 Å². The highest BCUT2D eigenvalue weighted by Crippen LogP contribution is 2.24. The SMILES string of the molecule is CCC1CCCN1C(C)C(C)CN. The summed E-state index contributed by atoms with van der Waals surface area (Å²) in [6.45, 7) is 8.97. The van der Waals surface area contributed by atoms with Gasteiger partial charge in [-0.05, 0) is 45.2 Å². The smallest absolute Gasteiger partial charge is 0.0107 e. The third-order valence-electron chi connectivity index (χ3n) is 3.61. The van der Waals surface area contributed by atoms with Gasteiger partial charge in [0.05, 0.1) is 0 Å². The lowest BCUT2D eigenvalue weighted by Gasteiger charge is -2.33. The molecule has 2 heteroatoms. The summed E-state index contributed by atoms with van der Waals surface area (Å²) in [6, 6.07) is 1.49. The lowest BCUT2D eigenvalue weighted by Crippen LogP contribution is -2.42. The first kappa shape index (κ1) is 11.0. The van der Waals surface area contributed by atoms with Crippen molar-refractivity contribution < 1.29 is 0 Å². The van der Waals surface area contributed by atoms with Crippen molar-refractivity contribution >= 4 is 0 Å². The van der Waals surface area contributed by atoms with Gasteiger partial charge < -0.3 is 5.73 Å². The van der Waals surface area contributed by atoms with E-state index in [1.54, 1.807) is 0 Å². The summed E-state index contributed by atoms with van der Waals surface area (Å²) in [6.07, 6.45) is 4.06. The van der Waals surface area contributed by atoms with Crippen LogP contribution in [-0.4, -0.2) is 30.1 Å². The molecule has 3 unspecified atom stereocenters. The molecule has 0 aromatic carbocycles. The molecule has 0 aromatic rings. The quantitative estimate of drug-likeness (QED) is 0.722. The van der Waals surface area contributed by atoms with Crippen molar-refractivity contribution in [1.29, 1.82) is 0 Å². The second-order valence-corrected chi connectivity index (χ2v) is 4.40. The first-order valence-corrected chi connectivity index (χ1v) is 5.66. The Morgan fingerprint density at radius 1 is 1.46 bits per heavy atom. The van der Waals surface area contributed by atoms with Gasteiger partial charge in [0.25, 0.3) is 0 Å². The third-order valence-corrected chi connectivity index (χ3v) is 3.61. The molecule has 0 bridgehead atoms. The molecule has 0 aliphatic carbocycles. The molecular weight excluding hydrogens is 160 g/mol. The van der Waals surface area contributed by atoms with Crippen molar-refractivity contribution in [2.75, 3.05) is 13.1 Å². The summed E-state index contributed by atoms with van der Waals surface area (Å²) in [5.41, 5.74) is 5.70. The van der Waals surface area contributed by atoms with Crippen LogP contribution in [0.2, 0.25) is 0 Å². The first-order chi connectivity index (χ1) is 6.20. The lowest BCUT2D eigenvalue weighted by molar-refractivity contribution is 0.146. The van der Waals surface area contributed by atoms with E-state index in [1.807, 2.05) is 0 Å². The van der Waals surface area contributed by atoms with Crippen LogP contribution < -0.4 is 5.73 Å². The molecule has 1 heterocycles. The number of nitrogens with zero attached hydrogens (tertiary/aromatic N) is 1. The fourth-order valence-corrected chi connectivity index (χ4v) is 2.36. The predicted molar refractivity (Wildman–Crippen MR) is 57.7 cm³/mol. The van der Waals surface area contributed by atoms with Crippen LogP contribution >= 0.6 is 0 Å². The fraction of sp³-hybridized carbons (Fsp3) is 1.00. The molecule has 0 aromatic heterocycles. The first-order valence-electron chi connectivity index (χ1n) is 5.66. The maximum absolute atomic E-state index is 5.70. The van der Waals surface area contributed by atoms with Crippen LogP contribution in [0.3, 0.4) is 0 Å². The Hall–Kier alpha value is -0.0800. The molecule has 0 radical (unpaired) electrons. The van der Waals surface area contributed by atoms with E-state index in [9.17, 15) is 0 Å². The Bertz CT molecular complexity index is 147. The highest BCUT2D eigenvalue weighted by atomic mass is 15.2.